The number of carbonyl (C=O) groups is 2. The lowest BCUT2D eigenvalue weighted by Gasteiger charge is -2.26. The Hall–Kier alpha value is -2.86. The molecule has 0 bridgehead atoms. The van der Waals surface area contributed by atoms with E-state index in [1.54, 1.807) is 11.5 Å². The Bertz CT molecular complexity index is 731. The van der Waals surface area contributed by atoms with Crippen LogP contribution in [0.3, 0.4) is 0 Å². The lowest BCUT2D eigenvalue weighted by atomic mass is 10.0. The van der Waals surface area contributed by atoms with Crippen LogP contribution < -0.4 is 15.5 Å². The molecule has 6 nitrogen and oxygen atoms in total. The van der Waals surface area contributed by atoms with Gasteiger partial charge in [-0.1, -0.05) is 30.3 Å². The molecule has 1 unspecified atom stereocenters. The van der Waals surface area contributed by atoms with Crippen LogP contribution in [-0.4, -0.2) is 23.1 Å². The van der Waals surface area contributed by atoms with Gasteiger partial charge in [-0.25, -0.2) is 5.48 Å². The van der Waals surface area contributed by atoms with E-state index in [0.29, 0.717) is 24.3 Å². The highest BCUT2D eigenvalue weighted by Gasteiger charge is 2.27. The molecule has 1 aliphatic rings. The van der Waals surface area contributed by atoms with E-state index in [1.165, 1.54) is 12.1 Å². The van der Waals surface area contributed by atoms with Crippen molar-refractivity contribution >= 4 is 17.5 Å². The quantitative estimate of drug-likeness (QED) is 0.596. The molecule has 0 saturated carbocycles. The second-order valence-corrected chi connectivity index (χ2v) is 5.27. The summed E-state index contributed by atoms with van der Waals surface area (Å²) in [6.45, 7) is 0. The number of hydroxylamine groups is 1. The summed E-state index contributed by atoms with van der Waals surface area (Å²) in [7, 11) is 0. The molecule has 1 atom stereocenters. The summed E-state index contributed by atoms with van der Waals surface area (Å²) >= 11 is 0. The van der Waals surface area contributed by atoms with E-state index >= 15 is 0 Å². The number of nitrogens with one attached hydrogen (secondary N) is 2. The zero-order valence-electron chi connectivity index (χ0n) is 12.3. The molecule has 2 amide bonds. The van der Waals surface area contributed by atoms with Gasteiger partial charge in [0.15, 0.2) is 6.10 Å². The van der Waals surface area contributed by atoms with Crippen LogP contribution in [0.2, 0.25) is 0 Å². The summed E-state index contributed by atoms with van der Waals surface area (Å²) in [5, 5.41) is 11.5. The first-order valence-electron chi connectivity index (χ1n) is 7.27. The van der Waals surface area contributed by atoms with E-state index in [4.69, 9.17) is 9.94 Å². The zero-order chi connectivity index (χ0) is 16.2. The Morgan fingerprint density at radius 2 is 2.00 bits per heavy atom. The van der Waals surface area contributed by atoms with Crippen LogP contribution in [0.25, 0.3) is 0 Å². The minimum atomic E-state index is -0.630. The number of benzene rings is 2. The first-order valence-corrected chi connectivity index (χ1v) is 7.27. The van der Waals surface area contributed by atoms with Crippen molar-refractivity contribution in [2.24, 2.45) is 0 Å². The van der Waals surface area contributed by atoms with Crippen molar-refractivity contribution < 1.29 is 19.5 Å². The zero-order valence-corrected chi connectivity index (χ0v) is 12.3. The molecule has 3 rings (SSSR count). The summed E-state index contributed by atoms with van der Waals surface area (Å²) in [4.78, 5) is 23.5. The van der Waals surface area contributed by atoms with Crippen molar-refractivity contribution in [3.05, 3.63) is 59.7 Å². The molecule has 2 aromatic rings. The van der Waals surface area contributed by atoms with Crippen molar-refractivity contribution in [1.29, 1.82) is 0 Å². The number of ether oxygens (including phenoxy) is 1. The van der Waals surface area contributed by atoms with Gasteiger partial charge in [0.25, 0.3) is 11.8 Å². The molecule has 0 aliphatic carbocycles. The van der Waals surface area contributed by atoms with Gasteiger partial charge in [0.1, 0.15) is 5.75 Å². The summed E-state index contributed by atoms with van der Waals surface area (Å²) in [5.74, 6) is -0.411. The standard InChI is InChI=1S/C17H16N2O4/c20-16(19-22)12-7-8-13-15(10-12)23-14(17(21)18-13)9-6-11-4-2-1-3-5-11/h1-5,7-8,10,14,22H,6,9H2,(H,18,21)(H,19,20). The third kappa shape index (κ3) is 3.32. The van der Waals surface area contributed by atoms with Gasteiger partial charge in [-0.3, -0.25) is 14.8 Å². The maximum absolute atomic E-state index is 12.1. The van der Waals surface area contributed by atoms with Crippen LogP contribution in [0.4, 0.5) is 5.69 Å². The number of amides is 2. The molecule has 0 radical (unpaired) electrons. The van der Waals surface area contributed by atoms with Crippen LogP contribution in [0, 0.1) is 0 Å². The normalized spacial score (nSPS) is 16.0. The molecule has 0 fully saturated rings. The first kappa shape index (κ1) is 15.1. The van der Waals surface area contributed by atoms with E-state index in [9.17, 15) is 9.59 Å². The molecule has 6 heteroatoms. The van der Waals surface area contributed by atoms with Crippen molar-refractivity contribution in [1.82, 2.24) is 5.48 Å². The molecule has 1 aliphatic heterocycles. The third-order valence-electron chi connectivity index (χ3n) is 3.70. The Kier molecular flexibility index (Phi) is 4.25. The fraction of sp³-hybridized carbons (Fsp3) is 0.176. The summed E-state index contributed by atoms with van der Waals surface area (Å²) in [5.41, 5.74) is 3.47. The first-order chi connectivity index (χ1) is 11.2. The molecule has 118 valence electrons. The highest BCUT2D eigenvalue weighted by atomic mass is 16.5. The number of hydrogen-bond acceptors (Lipinski definition) is 4. The van der Waals surface area contributed by atoms with Crippen LogP contribution in [-0.2, 0) is 11.2 Å². The number of hydrogen-bond donors (Lipinski definition) is 3. The van der Waals surface area contributed by atoms with E-state index in [0.717, 1.165) is 5.56 Å². The topological polar surface area (TPSA) is 87.7 Å². The molecule has 1 heterocycles. The molecular weight excluding hydrogens is 296 g/mol. The predicted molar refractivity (Wildman–Crippen MR) is 83.5 cm³/mol. The van der Waals surface area contributed by atoms with Crippen LogP contribution in [0.15, 0.2) is 48.5 Å². The highest BCUT2D eigenvalue weighted by molar-refractivity contribution is 6.00. The van der Waals surface area contributed by atoms with E-state index in [-0.39, 0.29) is 11.5 Å². The van der Waals surface area contributed by atoms with Gasteiger partial charge in [-0.2, -0.15) is 0 Å². The molecule has 0 aromatic heterocycles. The van der Waals surface area contributed by atoms with Crippen molar-refractivity contribution in [2.45, 2.75) is 18.9 Å². The van der Waals surface area contributed by atoms with Crippen LogP contribution in [0.5, 0.6) is 5.75 Å². The Morgan fingerprint density at radius 3 is 2.74 bits per heavy atom. The fourth-order valence-electron chi connectivity index (χ4n) is 2.48. The second kappa shape index (κ2) is 6.50. The lowest BCUT2D eigenvalue weighted by molar-refractivity contribution is -0.123. The molecule has 23 heavy (non-hydrogen) atoms. The number of rotatable bonds is 4. The average molecular weight is 312 g/mol. The largest absolute Gasteiger partial charge is 0.478 e. The predicted octanol–water partition coefficient (Wildman–Crippen LogP) is 2.14. The average Bonchev–Trinajstić information content (AvgIpc) is 2.59. The van der Waals surface area contributed by atoms with Gasteiger partial charge < -0.3 is 10.1 Å². The Labute approximate surface area is 133 Å². The number of carbonyl (C=O) groups excluding carboxylic acids is 2. The number of anilines is 1. The van der Waals surface area contributed by atoms with Gasteiger partial charge in [0.05, 0.1) is 5.69 Å². The Balaban J connectivity index is 1.73. The lowest BCUT2D eigenvalue weighted by Crippen LogP contribution is -2.37. The maximum atomic E-state index is 12.1. The number of fused-ring (bicyclic) bond motifs is 1. The third-order valence-corrected chi connectivity index (χ3v) is 3.70. The Morgan fingerprint density at radius 1 is 1.22 bits per heavy atom. The maximum Gasteiger partial charge on any atom is 0.274 e. The summed E-state index contributed by atoms with van der Waals surface area (Å²) in [6, 6.07) is 14.4. The molecule has 2 aromatic carbocycles. The van der Waals surface area contributed by atoms with Gasteiger partial charge in [-0.15, -0.1) is 0 Å². The molecule has 0 spiro atoms. The minimum Gasteiger partial charge on any atom is -0.478 e. The van der Waals surface area contributed by atoms with Gasteiger partial charge in [-0.05, 0) is 36.6 Å². The smallest absolute Gasteiger partial charge is 0.274 e. The van der Waals surface area contributed by atoms with E-state index in [2.05, 4.69) is 5.32 Å². The van der Waals surface area contributed by atoms with E-state index < -0.39 is 12.0 Å². The van der Waals surface area contributed by atoms with Gasteiger partial charge in [0, 0.05) is 5.56 Å². The monoisotopic (exact) mass is 312 g/mol. The second-order valence-electron chi connectivity index (χ2n) is 5.27. The summed E-state index contributed by atoms with van der Waals surface area (Å²) in [6.07, 6.45) is 0.631. The molecular formula is C17H16N2O4. The number of aryl methyl sites for hydroxylation is 1. The van der Waals surface area contributed by atoms with Crippen LogP contribution in [0.1, 0.15) is 22.3 Å². The molecule has 3 N–H and O–H groups in total. The highest BCUT2D eigenvalue weighted by Crippen LogP contribution is 2.31. The molecule has 0 saturated heterocycles. The van der Waals surface area contributed by atoms with Gasteiger partial charge >= 0.3 is 0 Å². The fourth-order valence-corrected chi connectivity index (χ4v) is 2.48. The van der Waals surface area contributed by atoms with Crippen molar-refractivity contribution in [3.8, 4) is 5.75 Å². The SMILES string of the molecule is O=C(NO)c1ccc2c(c1)OC(CCc1ccccc1)C(=O)N2. The summed E-state index contributed by atoms with van der Waals surface area (Å²) < 4.78 is 5.73. The minimum absolute atomic E-state index is 0.201. The van der Waals surface area contributed by atoms with Crippen molar-refractivity contribution in [2.75, 3.05) is 5.32 Å². The van der Waals surface area contributed by atoms with Crippen molar-refractivity contribution in [3.63, 3.8) is 0 Å². The van der Waals surface area contributed by atoms with E-state index in [1.807, 2.05) is 30.3 Å². The van der Waals surface area contributed by atoms with Gasteiger partial charge in [0.2, 0.25) is 0 Å². The van der Waals surface area contributed by atoms with Crippen LogP contribution >= 0.6 is 0 Å².